The quantitative estimate of drug-likeness (QED) is 0.581. The highest BCUT2D eigenvalue weighted by Gasteiger charge is 2.53. The van der Waals surface area contributed by atoms with Crippen molar-refractivity contribution in [1.29, 1.82) is 0 Å². The SMILES string of the molecule is O=C1CCCC[C@@]12CCCC=C2OS(=O)(=O)C(F)(F)F. The molecule has 0 heterocycles. The van der Waals surface area contributed by atoms with Gasteiger partial charge >= 0.3 is 15.6 Å². The lowest BCUT2D eigenvalue weighted by molar-refractivity contribution is -0.131. The molecule has 0 bridgehead atoms. The predicted molar refractivity (Wildman–Crippen MR) is 63.9 cm³/mol. The number of hydrogen-bond donors (Lipinski definition) is 0. The van der Waals surface area contributed by atoms with Crippen LogP contribution in [0, 0.1) is 5.41 Å². The maximum atomic E-state index is 12.4. The smallest absolute Gasteiger partial charge is 0.380 e. The number of ketones is 1. The lowest BCUT2D eigenvalue weighted by atomic mass is 9.66. The van der Waals surface area contributed by atoms with Crippen LogP contribution in [0.25, 0.3) is 0 Å². The molecule has 20 heavy (non-hydrogen) atoms. The molecule has 1 saturated carbocycles. The molecule has 0 saturated heterocycles. The van der Waals surface area contributed by atoms with Crippen molar-refractivity contribution in [3.8, 4) is 0 Å². The summed E-state index contributed by atoms with van der Waals surface area (Å²) in [5.74, 6) is -0.544. The van der Waals surface area contributed by atoms with Gasteiger partial charge < -0.3 is 4.18 Å². The van der Waals surface area contributed by atoms with Crippen molar-refractivity contribution in [2.45, 2.75) is 50.5 Å². The summed E-state index contributed by atoms with van der Waals surface area (Å²) in [6.07, 6.45) is 4.69. The van der Waals surface area contributed by atoms with Crippen LogP contribution in [0.15, 0.2) is 11.8 Å². The summed E-state index contributed by atoms with van der Waals surface area (Å²) in [5, 5.41) is 0. The molecule has 8 heteroatoms. The van der Waals surface area contributed by atoms with E-state index in [1.54, 1.807) is 0 Å². The molecular formula is C12H15F3O4S. The fourth-order valence-electron chi connectivity index (χ4n) is 2.85. The third kappa shape index (κ3) is 2.57. The Kier molecular flexibility index (Phi) is 3.88. The lowest BCUT2D eigenvalue weighted by Gasteiger charge is -2.39. The van der Waals surface area contributed by atoms with Crippen molar-refractivity contribution in [2.75, 3.05) is 0 Å². The number of carbonyl (C=O) groups is 1. The Morgan fingerprint density at radius 1 is 1.15 bits per heavy atom. The van der Waals surface area contributed by atoms with Crippen molar-refractivity contribution in [3.05, 3.63) is 11.8 Å². The van der Waals surface area contributed by atoms with Crippen LogP contribution in [-0.2, 0) is 19.1 Å². The zero-order chi connectivity index (χ0) is 15.0. The molecule has 0 amide bonds. The molecule has 0 unspecified atom stereocenters. The highest BCUT2D eigenvalue weighted by atomic mass is 32.2. The van der Waals surface area contributed by atoms with Crippen molar-refractivity contribution >= 4 is 15.9 Å². The fourth-order valence-corrected chi connectivity index (χ4v) is 3.41. The van der Waals surface area contributed by atoms with Crippen LogP contribution in [0.4, 0.5) is 13.2 Å². The molecule has 1 atom stereocenters. The summed E-state index contributed by atoms with van der Waals surface area (Å²) >= 11 is 0. The Morgan fingerprint density at radius 3 is 2.40 bits per heavy atom. The molecule has 1 spiro atoms. The van der Waals surface area contributed by atoms with E-state index in [1.807, 2.05) is 0 Å². The van der Waals surface area contributed by atoms with Gasteiger partial charge in [-0.3, -0.25) is 4.79 Å². The van der Waals surface area contributed by atoms with Crippen molar-refractivity contribution in [2.24, 2.45) is 5.41 Å². The number of Topliss-reactive ketones (excluding diaryl/α,β-unsaturated/α-hetero) is 1. The number of rotatable bonds is 2. The molecule has 114 valence electrons. The molecular weight excluding hydrogens is 297 g/mol. The van der Waals surface area contributed by atoms with Crippen LogP contribution in [0.3, 0.4) is 0 Å². The van der Waals surface area contributed by atoms with E-state index in [9.17, 15) is 26.4 Å². The normalized spacial score (nSPS) is 28.4. The molecule has 0 radical (unpaired) electrons. The van der Waals surface area contributed by atoms with Gasteiger partial charge in [0, 0.05) is 6.42 Å². The van der Waals surface area contributed by atoms with Gasteiger partial charge in [0.05, 0.1) is 5.41 Å². The van der Waals surface area contributed by atoms with Gasteiger partial charge in [-0.1, -0.05) is 6.42 Å². The Balaban J connectivity index is 2.34. The molecule has 1 fully saturated rings. The second kappa shape index (κ2) is 5.05. The molecule has 0 aromatic rings. The Morgan fingerprint density at radius 2 is 1.80 bits per heavy atom. The summed E-state index contributed by atoms with van der Waals surface area (Å²) in [4.78, 5) is 12.1. The van der Waals surface area contributed by atoms with Crippen LogP contribution in [0.2, 0.25) is 0 Å². The predicted octanol–water partition coefficient (Wildman–Crippen LogP) is 3.05. The van der Waals surface area contributed by atoms with Gasteiger partial charge in [0.15, 0.2) is 0 Å². The molecule has 0 aliphatic heterocycles. The number of carbonyl (C=O) groups excluding carboxylic acids is 1. The van der Waals surface area contributed by atoms with E-state index in [4.69, 9.17) is 0 Å². The molecule has 0 N–H and O–H groups in total. The Bertz CT molecular complexity index is 535. The molecule has 2 aliphatic carbocycles. The summed E-state index contributed by atoms with van der Waals surface area (Å²) in [6.45, 7) is 0. The van der Waals surface area contributed by atoms with E-state index >= 15 is 0 Å². The molecule has 2 aliphatic rings. The molecule has 0 aromatic heterocycles. The van der Waals surface area contributed by atoms with Crippen molar-refractivity contribution in [1.82, 2.24) is 0 Å². The van der Waals surface area contributed by atoms with Crippen LogP contribution in [0.1, 0.15) is 44.9 Å². The standard InChI is InChI=1S/C12H15F3O4S/c13-12(14,15)20(17,18)19-10-6-2-4-8-11(10)7-3-1-5-9(11)16/h6H,1-5,7-8H2/t11-/m1/s1. The van der Waals surface area contributed by atoms with Crippen LogP contribution in [0.5, 0.6) is 0 Å². The fraction of sp³-hybridized carbons (Fsp3) is 0.750. The third-order valence-electron chi connectivity index (χ3n) is 3.88. The summed E-state index contributed by atoms with van der Waals surface area (Å²) < 4.78 is 63.8. The molecule has 4 nitrogen and oxygen atoms in total. The number of allylic oxidation sites excluding steroid dienone is 2. The van der Waals surface area contributed by atoms with E-state index in [2.05, 4.69) is 4.18 Å². The van der Waals surface area contributed by atoms with Crippen LogP contribution >= 0.6 is 0 Å². The van der Waals surface area contributed by atoms with Crippen molar-refractivity contribution in [3.63, 3.8) is 0 Å². The highest BCUT2D eigenvalue weighted by Crippen LogP contribution is 2.48. The van der Waals surface area contributed by atoms with Crippen LogP contribution < -0.4 is 0 Å². The minimum atomic E-state index is -5.72. The highest BCUT2D eigenvalue weighted by molar-refractivity contribution is 7.87. The van der Waals surface area contributed by atoms with Crippen molar-refractivity contribution < 1.29 is 30.6 Å². The van der Waals surface area contributed by atoms with Crippen LogP contribution in [-0.4, -0.2) is 19.7 Å². The average Bonchev–Trinajstić information content (AvgIpc) is 2.34. The second-order valence-electron chi connectivity index (χ2n) is 5.16. The third-order valence-corrected chi connectivity index (χ3v) is 4.85. The summed E-state index contributed by atoms with van der Waals surface area (Å²) in [6, 6.07) is 0. The number of halogens is 3. The summed E-state index contributed by atoms with van der Waals surface area (Å²) in [5.41, 5.74) is -6.65. The minimum Gasteiger partial charge on any atom is -0.380 e. The van der Waals surface area contributed by atoms with Gasteiger partial charge in [0.25, 0.3) is 0 Å². The number of alkyl halides is 3. The molecule has 0 aromatic carbocycles. The van der Waals surface area contributed by atoms with Gasteiger partial charge in [0.2, 0.25) is 0 Å². The first-order valence-electron chi connectivity index (χ1n) is 6.44. The zero-order valence-electron chi connectivity index (χ0n) is 10.7. The van der Waals surface area contributed by atoms with Gasteiger partial charge in [-0.25, -0.2) is 0 Å². The van der Waals surface area contributed by atoms with Gasteiger partial charge in [-0.15, -0.1) is 0 Å². The lowest BCUT2D eigenvalue weighted by Crippen LogP contribution is -2.40. The summed E-state index contributed by atoms with van der Waals surface area (Å²) in [7, 11) is -5.72. The Hall–Kier alpha value is -1.05. The number of hydrogen-bond acceptors (Lipinski definition) is 4. The minimum absolute atomic E-state index is 0.216. The first-order valence-corrected chi connectivity index (χ1v) is 7.85. The van der Waals surface area contributed by atoms with E-state index in [1.165, 1.54) is 6.08 Å². The maximum absolute atomic E-state index is 12.4. The van der Waals surface area contributed by atoms with Gasteiger partial charge in [0.1, 0.15) is 11.5 Å². The van der Waals surface area contributed by atoms with E-state index in [0.29, 0.717) is 38.5 Å². The Labute approximate surface area is 115 Å². The van der Waals surface area contributed by atoms with E-state index in [-0.39, 0.29) is 18.0 Å². The zero-order valence-corrected chi connectivity index (χ0v) is 11.5. The van der Waals surface area contributed by atoms with E-state index in [0.717, 1.165) is 0 Å². The second-order valence-corrected chi connectivity index (χ2v) is 6.69. The first-order chi connectivity index (χ1) is 9.19. The van der Waals surface area contributed by atoms with Gasteiger partial charge in [-0.05, 0) is 38.2 Å². The van der Waals surface area contributed by atoms with E-state index < -0.39 is 21.0 Å². The largest absolute Gasteiger partial charge is 0.534 e. The van der Waals surface area contributed by atoms with Gasteiger partial charge in [-0.2, -0.15) is 21.6 Å². The monoisotopic (exact) mass is 312 g/mol. The topological polar surface area (TPSA) is 60.4 Å². The molecule has 2 rings (SSSR count). The maximum Gasteiger partial charge on any atom is 0.534 e. The average molecular weight is 312 g/mol. The first kappa shape index (κ1) is 15.3.